The number of aryl methyl sites for hydroxylation is 1. The summed E-state index contributed by atoms with van der Waals surface area (Å²) in [6.45, 7) is 1.14. The number of para-hydroxylation sites is 1. The van der Waals surface area contributed by atoms with Crippen LogP contribution in [0.4, 0.5) is 5.69 Å². The largest absolute Gasteiger partial charge is 0.385 e. The lowest BCUT2D eigenvalue weighted by Gasteiger charge is -2.16. The minimum atomic E-state index is -3.67. The molecule has 0 aromatic heterocycles. The van der Waals surface area contributed by atoms with E-state index in [0.29, 0.717) is 0 Å². The monoisotopic (exact) mass is 229 g/mol. The molecule has 15 heavy (non-hydrogen) atoms. The van der Waals surface area contributed by atoms with Crippen LogP contribution < -0.4 is 15.6 Å². The van der Waals surface area contributed by atoms with Crippen LogP contribution in [0.25, 0.3) is 0 Å². The average Bonchev–Trinajstić information content (AvgIpc) is 2.16. The van der Waals surface area contributed by atoms with Gasteiger partial charge >= 0.3 is 0 Å². The molecule has 0 amide bonds. The van der Waals surface area contributed by atoms with Crippen LogP contribution in [0.3, 0.4) is 0 Å². The second kappa shape index (κ2) is 5.11. The first-order valence-corrected chi connectivity index (χ1v) is 6.20. The van der Waals surface area contributed by atoms with Crippen molar-refractivity contribution in [2.24, 2.45) is 10.3 Å². The third-order valence-corrected chi connectivity index (χ3v) is 1.96. The summed E-state index contributed by atoms with van der Waals surface area (Å²) in [5, 5.41) is 11.6. The number of hydrogen-bond donors (Lipinski definition) is 3. The van der Waals surface area contributed by atoms with Crippen molar-refractivity contribution in [1.29, 1.82) is 0 Å². The van der Waals surface area contributed by atoms with Gasteiger partial charge in [-0.3, -0.25) is 0 Å². The Morgan fingerprint density at radius 2 is 1.80 bits per heavy atom. The molecular weight excluding hydrogens is 214 g/mol. The molecule has 0 unspecified atom stereocenters. The molecule has 0 saturated heterocycles. The summed E-state index contributed by atoms with van der Waals surface area (Å²) in [4.78, 5) is 0. The van der Waals surface area contributed by atoms with E-state index in [-0.39, 0.29) is 0 Å². The number of hydrogen-bond acceptors (Lipinski definition) is 3. The molecule has 0 saturated carbocycles. The zero-order valence-electron chi connectivity index (χ0n) is 8.31. The number of nitrogens with one attached hydrogen (secondary N) is 1. The maximum absolute atomic E-state index is 9.19. The summed E-state index contributed by atoms with van der Waals surface area (Å²) in [7, 11) is -3.67. The summed E-state index contributed by atoms with van der Waals surface area (Å²) in [5.41, 5.74) is 2.79. The van der Waals surface area contributed by atoms with Crippen LogP contribution in [-0.2, 0) is 16.6 Å². The van der Waals surface area contributed by atoms with Crippen molar-refractivity contribution in [3.63, 3.8) is 0 Å². The van der Waals surface area contributed by atoms with Crippen LogP contribution in [0.5, 0.6) is 0 Å². The topological polar surface area (TPSA) is 98.2 Å². The summed E-state index contributed by atoms with van der Waals surface area (Å²) in [5.74, 6) is 0. The number of benzene rings is 1. The van der Waals surface area contributed by atoms with Gasteiger partial charge in [-0.1, -0.05) is 18.2 Å². The van der Waals surface area contributed by atoms with E-state index in [1.807, 2.05) is 0 Å². The van der Waals surface area contributed by atoms with E-state index in [1.165, 1.54) is 24.1 Å². The first kappa shape index (κ1) is 12.0. The molecule has 5 nitrogen and oxygen atoms in total. The molecule has 0 radical (unpaired) electrons. The molecule has 2 rings (SSSR count). The van der Waals surface area contributed by atoms with Crippen LogP contribution in [0.15, 0.2) is 24.3 Å². The van der Waals surface area contributed by atoms with E-state index >= 15 is 0 Å². The Hall–Kier alpha value is -1.11. The highest BCUT2D eigenvalue weighted by atomic mass is 32.2. The van der Waals surface area contributed by atoms with Gasteiger partial charge in [0, 0.05) is 12.2 Å². The highest BCUT2D eigenvalue weighted by molar-refractivity contribution is 7.86. The molecule has 1 aromatic carbocycles. The van der Waals surface area contributed by atoms with Crippen LogP contribution in [-0.4, -0.2) is 15.0 Å². The van der Waals surface area contributed by atoms with Crippen molar-refractivity contribution in [3.05, 3.63) is 29.8 Å². The maximum Gasteiger partial charge on any atom is 0.271 e. The van der Waals surface area contributed by atoms with Crippen molar-refractivity contribution in [3.8, 4) is 0 Å². The third-order valence-electron chi connectivity index (χ3n) is 1.96. The molecule has 5 N–H and O–H groups in total. The lowest BCUT2D eigenvalue weighted by atomic mass is 10.0. The SMILES string of the molecule is NS(N)(=O)=O.c1ccc2c(c1)CCCN2. The maximum atomic E-state index is 9.19. The molecule has 0 bridgehead atoms. The molecule has 84 valence electrons. The molecule has 0 fully saturated rings. The number of anilines is 1. The van der Waals surface area contributed by atoms with Gasteiger partial charge in [-0.2, -0.15) is 8.42 Å². The Morgan fingerprint density at radius 3 is 2.40 bits per heavy atom. The standard InChI is InChI=1S/C9H11N.H4N2O2S/c1-2-6-9-8(4-1)5-3-7-10-9;1-5(2,3)4/h1-2,4,6,10H,3,5,7H2;(H4,1,2,3,4). The first-order valence-electron chi connectivity index (χ1n) is 4.59. The zero-order valence-corrected chi connectivity index (χ0v) is 9.13. The van der Waals surface area contributed by atoms with Crippen LogP contribution in [0.1, 0.15) is 12.0 Å². The van der Waals surface area contributed by atoms with Crippen molar-refractivity contribution in [2.75, 3.05) is 11.9 Å². The highest BCUT2D eigenvalue weighted by Gasteiger charge is 2.04. The average molecular weight is 229 g/mol. The van der Waals surface area contributed by atoms with E-state index in [9.17, 15) is 8.42 Å². The van der Waals surface area contributed by atoms with Crippen LogP contribution >= 0.6 is 0 Å². The number of fused-ring (bicyclic) bond motifs is 1. The van der Waals surface area contributed by atoms with Gasteiger partial charge in [-0.15, -0.1) is 0 Å². The van der Waals surface area contributed by atoms with Gasteiger partial charge in [0.15, 0.2) is 0 Å². The van der Waals surface area contributed by atoms with Crippen molar-refractivity contribution >= 4 is 15.9 Å². The molecule has 1 aromatic rings. The molecular formula is C9H15N3O2S. The Bertz CT molecular complexity index is 384. The Balaban J connectivity index is 0.000000195. The van der Waals surface area contributed by atoms with Crippen molar-refractivity contribution in [1.82, 2.24) is 0 Å². The van der Waals surface area contributed by atoms with Gasteiger partial charge in [0.2, 0.25) is 0 Å². The van der Waals surface area contributed by atoms with Gasteiger partial charge in [0.05, 0.1) is 0 Å². The normalized spacial score (nSPS) is 14.3. The van der Waals surface area contributed by atoms with Crippen LogP contribution in [0.2, 0.25) is 0 Å². The molecule has 1 aliphatic heterocycles. The third kappa shape index (κ3) is 5.36. The summed E-state index contributed by atoms with van der Waals surface area (Å²) in [6.07, 6.45) is 2.51. The molecule has 0 atom stereocenters. The van der Waals surface area contributed by atoms with Crippen molar-refractivity contribution < 1.29 is 8.42 Å². The molecule has 0 aliphatic carbocycles. The second-order valence-corrected chi connectivity index (χ2v) is 4.45. The van der Waals surface area contributed by atoms with E-state index in [4.69, 9.17) is 0 Å². The van der Waals surface area contributed by atoms with E-state index in [2.05, 4.69) is 39.9 Å². The quantitative estimate of drug-likeness (QED) is 0.592. The van der Waals surface area contributed by atoms with E-state index in [1.54, 1.807) is 0 Å². The number of nitrogens with two attached hydrogens (primary N) is 2. The molecule has 6 heteroatoms. The lowest BCUT2D eigenvalue weighted by molar-refractivity contribution is 0.599. The fraction of sp³-hybridized carbons (Fsp3) is 0.333. The summed E-state index contributed by atoms with van der Waals surface area (Å²) < 4.78 is 18.4. The van der Waals surface area contributed by atoms with E-state index in [0.717, 1.165) is 6.54 Å². The highest BCUT2D eigenvalue weighted by Crippen LogP contribution is 2.19. The van der Waals surface area contributed by atoms with E-state index < -0.39 is 10.2 Å². The molecule has 0 spiro atoms. The fourth-order valence-electron chi connectivity index (χ4n) is 1.41. The number of rotatable bonds is 0. The minimum absolute atomic E-state index is 1.14. The second-order valence-electron chi connectivity index (χ2n) is 3.28. The minimum Gasteiger partial charge on any atom is -0.385 e. The van der Waals surface area contributed by atoms with Gasteiger partial charge < -0.3 is 5.32 Å². The predicted molar refractivity (Wildman–Crippen MR) is 60.5 cm³/mol. The fourth-order valence-corrected chi connectivity index (χ4v) is 1.41. The molecule has 1 aliphatic rings. The molecule has 1 heterocycles. The predicted octanol–water partition coefficient (Wildman–Crippen LogP) is 0.193. The Kier molecular flexibility index (Phi) is 4.07. The first-order chi connectivity index (χ1) is 6.97. The smallest absolute Gasteiger partial charge is 0.271 e. The Morgan fingerprint density at radius 1 is 1.20 bits per heavy atom. The zero-order chi connectivity index (χ0) is 11.3. The van der Waals surface area contributed by atoms with Crippen molar-refractivity contribution in [2.45, 2.75) is 12.8 Å². The van der Waals surface area contributed by atoms with Gasteiger partial charge in [0.1, 0.15) is 0 Å². The lowest BCUT2D eigenvalue weighted by Crippen LogP contribution is -2.21. The van der Waals surface area contributed by atoms with Gasteiger partial charge in [0.25, 0.3) is 10.2 Å². The van der Waals surface area contributed by atoms with Gasteiger partial charge in [-0.25, -0.2) is 10.3 Å². The van der Waals surface area contributed by atoms with Crippen LogP contribution in [0, 0.1) is 0 Å². The summed E-state index contributed by atoms with van der Waals surface area (Å²) in [6, 6.07) is 8.53. The van der Waals surface area contributed by atoms with Gasteiger partial charge in [-0.05, 0) is 24.5 Å². The summed E-state index contributed by atoms with van der Waals surface area (Å²) >= 11 is 0. The Labute approximate surface area is 89.7 Å².